The lowest BCUT2D eigenvalue weighted by Gasteiger charge is -2.32. The molecule has 0 aromatic heterocycles. The summed E-state index contributed by atoms with van der Waals surface area (Å²) in [4.78, 5) is 25.9. The fourth-order valence-corrected chi connectivity index (χ4v) is 2.65. The third-order valence-electron chi connectivity index (χ3n) is 3.70. The topological polar surface area (TPSA) is 58.6 Å². The van der Waals surface area contributed by atoms with Gasteiger partial charge in [0.05, 0.1) is 5.02 Å². The minimum Gasteiger partial charge on any atom is -0.444 e. The molecular formula is C17H22ClFN2O3. The van der Waals surface area contributed by atoms with E-state index in [-0.39, 0.29) is 22.9 Å². The van der Waals surface area contributed by atoms with Crippen molar-refractivity contribution in [1.82, 2.24) is 4.90 Å². The van der Waals surface area contributed by atoms with E-state index in [2.05, 4.69) is 5.32 Å². The first-order valence-electron chi connectivity index (χ1n) is 7.89. The van der Waals surface area contributed by atoms with Crippen molar-refractivity contribution in [3.8, 4) is 0 Å². The largest absolute Gasteiger partial charge is 0.444 e. The van der Waals surface area contributed by atoms with Crippen LogP contribution >= 0.6 is 11.6 Å². The Bertz CT molecular complexity index is 623. The molecule has 1 aliphatic rings. The molecule has 1 aromatic carbocycles. The number of piperidine rings is 1. The van der Waals surface area contributed by atoms with Gasteiger partial charge in [0.15, 0.2) is 0 Å². The van der Waals surface area contributed by atoms with Gasteiger partial charge in [0.1, 0.15) is 11.4 Å². The van der Waals surface area contributed by atoms with E-state index in [9.17, 15) is 14.0 Å². The van der Waals surface area contributed by atoms with Gasteiger partial charge in [-0.25, -0.2) is 9.18 Å². The molecule has 1 N–H and O–H groups in total. The molecular weight excluding hydrogens is 335 g/mol. The number of likely N-dealkylation sites (tertiary alicyclic amines) is 1. The smallest absolute Gasteiger partial charge is 0.410 e. The molecule has 2 amide bonds. The molecule has 1 saturated heterocycles. The van der Waals surface area contributed by atoms with E-state index in [1.165, 1.54) is 18.2 Å². The normalized spacial score (nSPS) is 16.0. The summed E-state index contributed by atoms with van der Waals surface area (Å²) in [5.41, 5.74) is -0.0753. The van der Waals surface area contributed by atoms with Crippen molar-refractivity contribution in [3.05, 3.63) is 29.0 Å². The van der Waals surface area contributed by atoms with Crippen molar-refractivity contribution in [2.24, 2.45) is 5.92 Å². The SMILES string of the molecule is CC(C)(C)OC(=O)N1CCC(C(=O)Nc2ccc(F)c(Cl)c2)CC1. The van der Waals surface area contributed by atoms with E-state index in [1.807, 2.05) is 20.8 Å². The number of amides is 2. The number of anilines is 1. The molecule has 24 heavy (non-hydrogen) atoms. The van der Waals surface area contributed by atoms with Gasteiger partial charge in [-0.2, -0.15) is 0 Å². The van der Waals surface area contributed by atoms with Crippen molar-refractivity contribution in [2.45, 2.75) is 39.2 Å². The summed E-state index contributed by atoms with van der Waals surface area (Å²) in [6.45, 7) is 6.39. The quantitative estimate of drug-likeness (QED) is 0.869. The van der Waals surface area contributed by atoms with Gasteiger partial charge in [-0.15, -0.1) is 0 Å². The highest BCUT2D eigenvalue weighted by molar-refractivity contribution is 6.31. The first-order chi connectivity index (χ1) is 11.2. The molecule has 7 heteroatoms. The van der Waals surface area contributed by atoms with Gasteiger partial charge in [-0.05, 0) is 51.8 Å². The lowest BCUT2D eigenvalue weighted by Crippen LogP contribution is -2.43. The number of halogens is 2. The van der Waals surface area contributed by atoms with Crippen LogP contribution in [-0.4, -0.2) is 35.6 Å². The first kappa shape index (κ1) is 18.5. The highest BCUT2D eigenvalue weighted by Gasteiger charge is 2.29. The van der Waals surface area contributed by atoms with Crippen molar-refractivity contribution < 1.29 is 18.7 Å². The summed E-state index contributed by atoms with van der Waals surface area (Å²) in [7, 11) is 0. The first-order valence-corrected chi connectivity index (χ1v) is 8.27. The molecule has 0 spiro atoms. The van der Waals surface area contributed by atoms with Crippen molar-refractivity contribution in [2.75, 3.05) is 18.4 Å². The Morgan fingerprint density at radius 3 is 2.46 bits per heavy atom. The Morgan fingerprint density at radius 2 is 1.92 bits per heavy atom. The van der Waals surface area contributed by atoms with E-state index >= 15 is 0 Å². The minimum atomic E-state index is -0.535. The van der Waals surface area contributed by atoms with Crippen molar-refractivity contribution in [1.29, 1.82) is 0 Å². The van der Waals surface area contributed by atoms with Crippen LogP contribution < -0.4 is 5.32 Å². The van der Waals surface area contributed by atoms with Crippen molar-refractivity contribution >= 4 is 29.3 Å². The van der Waals surface area contributed by atoms with Crippen LogP contribution in [0.2, 0.25) is 5.02 Å². The molecule has 1 fully saturated rings. The van der Waals surface area contributed by atoms with Crippen LogP contribution in [0.5, 0.6) is 0 Å². The maximum Gasteiger partial charge on any atom is 0.410 e. The maximum absolute atomic E-state index is 13.1. The Kier molecular flexibility index (Phi) is 5.70. The standard InChI is InChI=1S/C17H22ClFN2O3/c1-17(2,3)24-16(23)21-8-6-11(7-9-21)15(22)20-12-4-5-14(19)13(18)10-12/h4-5,10-11H,6-9H2,1-3H3,(H,20,22). The zero-order valence-electron chi connectivity index (χ0n) is 14.1. The van der Waals surface area contributed by atoms with Crippen LogP contribution in [0.1, 0.15) is 33.6 Å². The molecule has 0 aliphatic carbocycles. The van der Waals surface area contributed by atoms with Crippen LogP contribution in [0.15, 0.2) is 18.2 Å². The number of hydrogen-bond acceptors (Lipinski definition) is 3. The summed E-state index contributed by atoms with van der Waals surface area (Å²) in [6.07, 6.45) is 0.756. The lowest BCUT2D eigenvalue weighted by atomic mass is 9.96. The summed E-state index contributed by atoms with van der Waals surface area (Å²) >= 11 is 5.71. The molecule has 0 atom stereocenters. The summed E-state index contributed by atoms with van der Waals surface area (Å²) < 4.78 is 18.5. The molecule has 1 aromatic rings. The number of benzene rings is 1. The Balaban J connectivity index is 1.86. The molecule has 132 valence electrons. The molecule has 1 heterocycles. The average Bonchev–Trinajstić information content (AvgIpc) is 2.49. The fraction of sp³-hybridized carbons (Fsp3) is 0.529. The van der Waals surface area contributed by atoms with Gasteiger partial charge in [0.2, 0.25) is 5.91 Å². The molecule has 2 rings (SSSR count). The van der Waals surface area contributed by atoms with Gasteiger partial charge in [-0.3, -0.25) is 4.79 Å². The molecule has 0 bridgehead atoms. The van der Waals surface area contributed by atoms with Gasteiger partial charge in [-0.1, -0.05) is 11.6 Å². The predicted octanol–water partition coefficient (Wildman–Crippen LogP) is 4.06. The Hall–Kier alpha value is -1.82. The van der Waals surface area contributed by atoms with Crippen LogP contribution in [0.25, 0.3) is 0 Å². The van der Waals surface area contributed by atoms with Gasteiger partial charge >= 0.3 is 6.09 Å². The monoisotopic (exact) mass is 356 g/mol. The van der Waals surface area contributed by atoms with E-state index in [4.69, 9.17) is 16.3 Å². The summed E-state index contributed by atoms with van der Waals surface area (Å²) in [5.74, 6) is -0.880. The van der Waals surface area contributed by atoms with Crippen LogP contribution in [-0.2, 0) is 9.53 Å². The predicted molar refractivity (Wildman–Crippen MR) is 90.6 cm³/mol. The molecule has 1 aliphatic heterocycles. The van der Waals surface area contributed by atoms with Gasteiger partial charge in [0, 0.05) is 24.7 Å². The molecule has 0 saturated carbocycles. The maximum atomic E-state index is 13.1. The highest BCUT2D eigenvalue weighted by atomic mass is 35.5. The third-order valence-corrected chi connectivity index (χ3v) is 3.99. The minimum absolute atomic E-state index is 0.0347. The van der Waals surface area contributed by atoms with E-state index < -0.39 is 11.4 Å². The number of nitrogens with zero attached hydrogens (tertiary/aromatic N) is 1. The number of nitrogens with one attached hydrogen (secondary N) is 1. The second kappa shape index (κ2) is 7.38. The second-order valence-electron chi connectivity index (χ2n) is 6.86. The van der Waals surface area contributed by atoms with Crippen molar-refractivity contribution in [3.63, 3.8) is 0 Å². The number of carbonyl (C=O) groups excluding carboxylic acids is 2. The van der Waals surface area contributed by atoms with Crippen LogP contribution in [0, 0.1) is 11.7 Å². The van der Waals surface area contributed by atoms with Gasteiger partial charge < -0.3 is 15.0 Å². The number of ether oxygens (including phenoxy) is 1. The zero-order chi connectivity index (χ0) is 17.9. The van der Waals surface area contributed by atoms with E-state index in [1.54, 1.807) is 4.90 Å². The van der Waals surface area contributed by atoms with E-state index in [0.717, 1.165) is 0 Å². The molecule has 0 radical (unpaired) electrons. The second-order valence-corrected chi connectivity index (χ2v) is 7.27. The number of hydrogen-bond donors (Lipinski definition) is 1. The zero-order valence-corrected chi connectivity index (χ0v) is 14.8. The summed E-state index contributed by atoms with van der Waals surface area (Å²) in [5, 5.41) is 2.70. The Morgan fingerprint density at radius 1 is 1.29 bits per heavy atom. The van der Waals surface area contributed by atoms with Crippen LogP contribution in [0.4, 0.5) is 14.9 Å². The molecule has 5 nitrogen and oxygen atoms in total. The van der Waals surface area contributed by atoms with Crippen LogP contribution in [0.3, 0.4) is 0 Å². The average molecular weight is 357 g/mol. The van der Waals surface area contributed by atoms with Gasteiger partial charge in [0.25, 0.3) is 0 Å². The fourth-order valence-electron chi connectivity index (χ4n) is 2.47. The number of rotatable bonds is 2. The highest BCUT2D eigenvalue weighted by Crippen LogP contribution is 2.23. The van der Waals surface area contributed by atoms with E-state index in [0.29, 0.717) is 31.6 Å². The third kappa shape index (κ3) is 5.09. The Labute approximate surface area is 146 Å². The lowest BCUT2D eigenvalue weighted by molar-refractivity contribution is -0.121. The molecule has 0 unspecified atom stereocenters. The summed E-state index contributed by atoms with van der Waals surface area (Å²) in [6, 6.07) is 4.06. The number of carbonyl (C=O) groups is 2.